The number of thiol groups is 1. The number of rotatable bonds is 14. The van der Waals surface area contributed by atoms with E-state index in [4.69, 9.17) is 15.9 Å². The van der Waals surface area contributed by atoms with Gasteiger partial charge >= 0.3 is 11.9 Å². The van der Waals surface area contributed by atoms with Crippen LogP contribution in [0.25, 0.3) is 0 Å². The minimum Gasteiger partial charge on any atom is -0.481 e. The average Bonchev–Trinajstić information content (AvgIpc) is 2.66. The van der Waals surface area contributed by atoms with Crippen molar-refractivity contribution in [1.82, 2.24) is 16.0 Å². The first-order chi connectivity index (χ1) is 14.3. The van der Waals surface area contributed by atoms with Crippen molar-refractivity contribution in [3.8, 4) is 0 Å². The van der Waals surface area contributed by atoms with Gasteiger partial charge in [-0.3, -0.25) is 19.2 Å². The maximum atomic E-state index is 12.7. The predicted octanol–water partition coefficient (Wildman–Crippen LogP) is -1.93. The number of carbonyl (C=O) groups is 5. The van der Waals surface area contributed by atoms with E-state index in [0.29, 0.717) is 0 Å². The molecule has 12 nitrogen and oxygen atoms in total. The largest absolute Gasteiger partial charge is 0.481 e. The van der Waals surface area contributed by atoms with Gasteiger partial charge in [0.25, 0.3) is 0 Å². The highest BCUT2D eigenvalue weighted by Gasteiger charge is 2.31. The minimum atomic E-state index is -1.35. The van der Waals surface area contributed by atoms with Gasteiger partial charge in [0, 0.05) is 12.2 Å². The molecule has 0 saturated carbocycles. The highest BCUT2D eigenvalue weighted by molar-refractivity contribution is 7.80. The number of nitrogens with one attached hydrogen (secondary N) is 3. The number of aliphatic hydroxyl groups is 1. The molecule has 3 amide bonds. The molecule has 0 saturated heterocycles. The van der Waals surface area contributed by atoms with Crippen LogP contribution in [0.2, 0.25) is 0 Å². The van der Waals surface area contributed by atoms with Gasteiger partial charge in [-0.25, -0.2) is 4.79 Å². The highest BCUT2D eigenvalue weighted by atomic mass is 32.1. The molecule has 0 heterocycles. The monoisotopic (exact) mass is 464 g/mol. The first kappa shape index (κ1) is 28.6. The van der Waals surface area contributed by atoms with Gasteiger partial charge in [0.2, 0.25) is 17.7 Å². The minimum absolute atomic E-state index is 0.0638. The van der Waals surface area contributed by atoms with Crippen molar-refractivity contribution in [2.24, 2.45) is 11.7 Å². The van der Waals surface area contributed by atoms with Gasteiger partial charge < -0.3 is 37.0 Å². The smallest absolute Gasteiger partial charge is 0.327 e. The number of hydrogen-bond donors (Lipinski definition) is 8. The summed E-state index contributed by atoms with van der Waals surface area (Å²) in [7, 11) is 0. The van der Waals surface area contributed by atoms with Gasteiger partial charge in [-0.15, -0.1) is 0 Å². The van der Waals surface area contributed by atoms with E-state index < -0.39 is 66.4 Å². The maximum Gasteiger partial charge on any atom is 0.327 e. The Morgan fingerprint density at radius 1 is 0.871 bits per heavy atom. The van der Waals surface area contributed by atoms with E-state index in [1.54, 1.807) is 13.8 Å². The zero-order chi connectivity index (χ0) is 24.3. The molecule has 0 bridgehead atoms. The van der Waals surface area contributed by atoms with E-state index >= 15 is 0 Å². The quantitative estimate of drug-likeness (QED) is 0.134. The van der Waals surface area contributed by atoms with Crippen LogP contribution >= 0.6 is 12.6 Å². The van der Waals surface area contributed by atoms with Crippen LogP contribution in [0.3, 0.4) is 0 Å². The molecule has 31 heavy (non-hydrogen) atoms. The number of amides is 3. The van der Waals surface area contributed by atoms with Gasteiger partial charge in [0.05, 0.1) is 6.10 Å². The first-order valence-corrected chi connectivity index (χ1v) is 10.3. The number of hydrogen-bond acceptors (Lipinski definition) is 8. The number of nitrogens with two attached hydrogens (primary N) is 1. The molecule has 5 unspecified atom stereocenters. The average molecular weight is 465 g/mol. The molecule has 0 aliphatic rings. The summed E-state index contributed by atoms with van der Waals surface area (Å²) in [6, 6.07) is -5.09. The number of aliphatic carboxylic acids is 2. The Morgan fingerprint density at radius 2 is 1.35 bits per heavy atom. The second-order valence-electron chi connectivity index (χ2n) is 7.53. The molecule has 0 rings (SSSR count). The second-order valence-corrected chi connectivity index (χ2v) is 7.90. The normalized spacial score (nSPS) is 15.8. The van der Waals surface area contributed by atoms with Crippen LogP contribution < -0.4 is 21.7 Å². The van der Waals surface area contributed by atoms with Gasteiger partial charge in [-0.2, -0.15) is 12.6 Å². The van der Waals surface area contributed by atoms with Crippen LogP contribution in [0.15, 0.2) is 0 Å². The highest BCUT2D eigenvalue weighted by Crippen LogP contribution is 2.08. The molecule has 0 aromatic carbocycles. The van der Waals surface area contributed by atoms with Crippen LogP contribution in [0.5, 0.6) is 0 Å². The van der Waals surface area contributed by atoms with Crippen LogP contribution in [0.1, 0.15) is 40.0 Å². The zero-order valence-electron chi connectivity index (χ0n) is 17.7. The van der Waals surface area contributed by atoms with Crippen LogP contribution in [-0.4, -0.2) is 81.0 Å². The fourth-order valence-corrected chi connectivity index (χ4v) is 2.70. The molecule has 178 valence electrons. The van der Waals surface area contributed by atoms with Crippen LogP contribution in [-0.2, 0) is 24.0 Å². The molecule has 0 aromatic rings. The van der Waals surface area contributed by atoms with Crippen molar-refractivity contribution in [3.05, 3.63) is 0 Å². The number of carboxylic acid groups (broad SMARTS) is 2. The molecule has 0 aromatic heterocycles. The standard InChI is InChI=1S/C18H32N4O8S/c1-8(2)6-11(16(27)22-12(7-31)18(29)30)21-15(26)10(4-5-13(24)25)20-17(28)14(19)9(3)23/h8-12,14,23,31H,4-7,19H2,1-3H3,(H,20,28)(H,21,26)(H,22,27)(H,24,25)(H,29,30). The molecule has 8 N–H and O–H groups in total. The van der Waals surface area contributed by atoms with Gasteiger partial charge in [0.15, 0.2) is 0 Å². The molecule has 5 atom stereocenters. The summed E-state index contributed by atoms with van der Waals surface area (Å²) in [6.45, 7) is 4.84. The summed E-state index contributed by atoms with van der Waals surface area (Å²) in [6.07, 6.45) is -1.80. The number of aliphatic hydroxyl groups excluding tert-OH is 1. The topological polar surface area (TPSA) is 208 Å². The van der Waals surface area contributed by atoms with Crippen molar-refractivity contribution in [2.45, 2.75) is 70.3 Å². The number of carboxylic acids is 2. The third-order valence-electron chi connectivity index (χ3n) is 4.24. The molecule has 0 radical (unpaired) electrons. The third kappa shape index (κ3) is 11.0. The Balaban J connectivity index is 5.48. The van der Waals surface area contributed by atoms with E-state index in [-0.39, 0.29) is 24.5 Å². The van der Waals surface area contributed by atoms with Crippen LogP contribution in [0, 0.1) is 5.92 Å². The third-order valence-corrected chi connectivity index (χ3v) is 4.60. The Hall–Kier alpha value is -2.38. The molecule has 0 spiro atoms. The van der Waals surface area contributed by atoms with E-state index in [0.717, 1.165) is 0 Å². The lowest BCUT2D eigenvalue weighted by molar-refractivity contribution is -0.141. The molecule has 0 aliphatic heterocycles. The first-order valence-electron chi connectivity index (χ1n) is 9.70. The summed E-state index contributed by atoms with van der Waals surface area (Å²) in [5.41, 5.74) is 5.54. The second kappa shape index (κ2) is 13.8. The van der Waals surface area contributed by atoms with Crippen molar-refractivity contribution < 1.29 is 39.3 Å². The lowest BCUT2D eigenvalue weighted by Crippen LogP contribution is -2.58. The Bertz CT molecular complexity index is 658. The van der Waals surface area contributed by atoms with E-state index in [1.165, 1.54) is 6.92 Å². The van der Waals surface area contributed by atoms with Crippen molar-refractivity contribution in [2.75, 3.05) is 5.75 Å². The molecule has 0 fully saturated rings. The summed E-state index contributed by atoms with van der Waals surface area (Å²) in [5.74, 6) is -5.20. The Kier molecular flexibility index (Phi) is 12.8. The molecule has 13 heteroatoms. The fourth-order valence-electron chi connectivity index (χ4n) is 2.46. The molecule has 0 aliphatic carbocycles. The van der Waals surface area contributed by atoms with Crippen molar-refractivity contribution >= 4 is 42.3 Å². The van der Waals surface area contributed by atoms with Crippen molar-refractivity contribution in [3.63, 3.8) is 0 Å². The summed E-state index contributed by atoms with van der Waals surface area (Å²) < 4.78 is 0. The SMILES string of the molecule is CC(C)CC(NC(=O)C(CCC(=O)O)NC(=O)C(N)C(C)O)C(=O)NC(CS)C(=O)O. The van der Waals surface area contributed by atoms with Crippen LogP contribution in [0.4, 0.5) is 0 Å². The fraction of sp³-hybridized carbons (Fsp3) is 0.722. The summed E-state index contributed by atoms with van der Waals surface area (Å²) in [5, 5.41) is 34.4. The lowest BCUT2D eigenvalue weighted by atomic mass is 10.0. The van der Waals surface area contributed by atoms with E-state index in [9.17, 15) is 29.1 Å². The van der Waals surface area contributed by atoms with Gasteiger partial charge in [-0.1, -0.05) is 13.8 Å². The zero-order valence-corrected chi connectivity index (χ0v) is 18.6. The predicted molar refractivity (Wildman–Crippen MR) is 113 cm³/mol. The lowest BCUT2D eigenvalue weighted by Gasteiger charge is -2.26. The number of carbonyl (C=O) groups excluding carboxylic acids is 3. The van der Waals surface area contributed by atoms with E-state index in [1.807, 2.05) is 0 Å². The molecular weight excluding hydrogens is 432 g/mol. The van der Waals surface area contributed by atoms with E-state index in [2.05, 4.69) is 28.6 Å². The van der Waals surface area contributed by atoms with Gasteiger partial charge in [-0.05, 0) is 25.7 Å². The molecular formula is C18H32N4O8S. The Morgan fingerprint density at radius 3 is 1.77 bits per heavy atom. The summed E-state index contributed by atoms with van der Waals surface area (Å²) >= 11 is 3.87. The van der Waals surface area contributed by atoms with Crippen molar-refractivity contribution in [1.29, 1.82) is 0 Å². The maximum absolute atomic E-state index is 12.7. The Labute approximate surface area is 185 Å². The summed E-state index contributed by atoms with van der Waals surface area (Å²) in [4.78, 5) is 59.5. The van der Waals surface area contributed by atoms with Gasteiger partial charge in [0.1, 0.15) is 24.2 Å².